The van der Waals surface area contributed by atoms with Gasteiger partial charge >= 0.3 is 0 Å². The normalized spacial score (nSPS) is 18.4. The summed E-state index contributed by atoms with van der Waals surface area (Å²) < 4.78 is 2.12. The number of carbonyl (C=O) groups is 1. The average Bonchev–Trinajstić information content (AvgIpc) is 3.04. The minimum atomic E-state index is -0.307. The molecule has 1 N–H and O–H groups in total. The number of hydrogen-bond donors (Lipinski definition) is 1. The molecule has 1 fully saturated rings. The largest absolute Gasteiger partial charge is 0.337 e. The number of nitrogens with one attached hydrogen (secondary N) is 1. The number of H-pyrrole nitrogens is 1. The molecular formula is C15H19N5O2. The Balaban J connectivity index is 1.76. The van der Waals surface area contributed by atoms with Gasteiger partial charge in [-0.3, -0.25) is 9.59 Å². The summed E-state index contributed by atoms with van der Waals surface area (Å²) in [5, 5.41) is 0. The molecule has 0 aromatic carbocycles. The van der Waals surface area contributed by atoms with Crippen molar-refractivity contribution in [2.45, 2.75) is 32.2 Å². The molecule has 1 saturated heterocycles. The third-order valence-corrected chi connectivity index (χ3v) is 4.05. The molecular weight excluding hydrogens is 282 g/mol. The van der Waals surface area contributed by atoms with E-state index in [0.717, 1.165) is 31.4 Å². The number of aromatic nitrogens is 4. The summed E-state index contributed by atoms with van der Waals surface area (Å²) in [6, 6.07) is 0. The number of amides is 1. The molecule has 2 aromatic rings. The Hall–Kier alpha value is -2.44. The second-order valence-electron chi connectivity index (χ2n) is 5.46. The van der Waals surface area contributed by atoms with Crippen LogP contribution in [0.2, 0.25) is 0 Å². The minimum Gasteiger partial charge on any atom is -0.337 e. The summed E-state index contributed by atoms with van der Waals surface area (Å²) in [7, 11) is 0. The lowest BCUT2D eigenvalue weighted by Crippen LogP contribution is -2.40. The second kappa shape index (κ2) is 6.13. The first-order valence-electron chi connectivity index (χ1n) is 7.54. The van der Waals surface area contributed by atoms with Crippen LogP contribution in [0.15, 0.2) is 29.6 Å². The van der Waals surface area contributed by atoms with E-state index in [2.05, 4.69) is 26.4 Å². The fourth-order valence-electron chi connectivity index (χ4n) is 2.94. The van der Waals surface area contributed by atoms with E-state index in [1.165, 1.54) is 6.20 Å². The van der Waals surface area contributed by atoms with Gasteiger partial charge in [0.1, 0.15) is 11.5 Å². The minimum absolute atomic E-state index is 0.143. The topological polar surface area (TPSA) is 83.9 Å². The molecule has 7 heteroatoms. The lowest BCUT2D eigenvalue weighted by atomic mass is 9.97. The maximum Gasteiger partial charge on any atom is 0.273 e. The van der Waals surface area contributed by atoms with Crippen molar-refractivity contribution in [3.63, 3.8) is 0 Å². The van der Waals surface area contributed by atoms with Gasteiger partial charge in [-0.15, -0.1) is 0 Å². The zero-order valence-corrected chi connectivity index (χ0v) is 12.5. The van der Waals surface area contributed by atoms with Gasteiger partial charge in [0.15, 0.2) is 0 Å². The Morgan fingerprint density at radius 1 is 1.45 bits per heavy atom. The number of nitrogens with zero attached hydrogens (tertiary/aromatic N) is 4. The Labute approximate surface area is 128 Å². The Morgan fingerprint density at radius 3 is 3.05 bits per heavy atom. The highest BCUT2D eigenvalue weighted by molar-refractivity contribution is 5.92. The highest BCUT2D eigenvalue weighted by atomic mass is 16.2. The summed E-state index contributed by atoms with van der Waals surface area (Å²) in [5.41, 5.74) is -0.0304. The van der Waals surface area contributed by atoms with E-state index in [1.807, 2.05) is 12.4 Å². The van der Waals surface area contributed by atoms with Gasteiger partial charge in [0.2, 0.25) is 0 Å². The molecule has 0 radical (unpaired) electrons. The molecule has 116 valence electrons. The van der Waals surface area contributed by atoms with E-state index >= 15 is 0 Å². The summed E-state index contributed by atoms with van der Waals surface area (Å²) in [6.07, 6.45) is 8.26. The molecule has 22 heavy (non-hydrogen) atoms. The van der Waals surface area contributed by atoms with Gasteiger partial charge in [-0.2, -0.15) is 0 Å². The number of imidazole rings is 1. The van der Waals surface area contributed by atoms with Crippen LogP contribution in [-0.2, 0) is 6.54 Å². The third-order valence-electron chi connectivity index (χ3n) is 4.05. The van der Waals surface area contributed by atoms with E-state index in [4.69, 9.17) is 0 Å². The summed E-state index contributed by atoms with van der Waals surface area (Å²) in [4.78, 5) is 36.2. The summed E-state index contributed by atoms with van der Waals surface area (Å²) in [6.45, 7) is 4.31. The van der Waals surface area contributed by atoms with Gasteiger partial charge < -0.3 is 14.5 Å². The van der Waals surface area contributed by atoms with Crippen molar-refractivity contribution in [2.75, 3.05) is 13.1 Å². The molecule has 1 atom stereocenters. The van der Waals surface area contributed by atoms with Gasteiger partial charge in [0.25, 0.3) is 11.5 Å². The number of hydrogen-bond acceptors (Lipinski definition) is 4. The molecule has 3 rings (SSSR count). The molecule has 1 aliphatic heterocycles. The van der Waals surface area contributed by atoms with Crippen molar-refractivity contribution in [1.82, 2.24) is 24.4 Å². The first-order valence-corrected chi connectivity index (χ1v) is 7.54. The number of aromatic amines is 1. The zero-order valence-electron chi connectivity index (χ0n) is 12.5. The predicted octanol–water partition coefficient (Wildman–Crippen LogP) is 1.01. The third kappa shape index (κ3) is 2.79. The molecule has 0 saturated carbocycles. The van der Waals surface area contributed by atoms with Gasteiger partial charge in [-0.05, 0) is 19.8 Å². The predicted molar refractivity (Wildman–Crippen MR) is 80.6 cm³/mol. The van der Waals surface area contributed by atoms with Crippen LogP contribution in [0.1, 0.15) is 42.0 Å². The summed E-state index contributed by atoms with van der Waals surface area (Å²) in [5.74, 6) is 1.14. The molecule has 1 aliphatic rings. The number of piperidine rings is 1. The molecule has 3 heterocycles. The van der Waals surface area contributed by atoms with Crippen molar-refractivity contribution in [3.05, 3.63) is 46.7 Å². The van der Waals surface area contributed by atoms with E-state index in [-0.39, 0.29) is 23.1 Å². The highest BCUT2D eigenvalue weighted by Gasteiger charge is 2.28. The van der Waals surface area contributed by atoms with Crippen LogP contribution in [0.5, 0.6) is 0 Å². The number of rotatable bonds is 3. The van der Waals surface area contributed by atoms with Crippen molar-refractivity contribution >= 4 is 5.91 Å². The summed E-state index contributed by atoms with van der Waals surface area (Å²) >= 11 is 0. The van der Waals surface area contributed by atoms with Crippen molar-refractivity contribution in [1.29, 1.82) is 0 Å². The van der Waals surface area contributed by atoms with Crippen molar-refractivity contribution in [2.24, 2.45) is 0 Å². The van der Waals surface area contributed by atoms with Gasteiger partial charge in [-0.1, -0.05) is 0 Å². The standard InChI is InChI=1S/C15H19N5O2/c1-2-19-7-5-16-14(19)11-4-3-6-20(10-11)15(22)12-8-18-13(21)9-17-12/h5,7-9,11H,2-4,6,10H2,1H3,(H,18,21)/t11-/m0/s1. The first kappa shape index (κ1) is 14.5. The van der Waals surface area contributed by atoms with Gasteiger partial charge in [0.05, 0.1) is 6.20 Å². The lowest BCUT2D eigenvalue weighted by Gasteiger charge is -2.32. The van der Waals surface area contributed by atoms with Crippen LogP contribution in [-0.4, -0.2) is 43.4 Å². The quantitative estimate of drug-likeness (QED) is 0.917. The fraction of sp³-hybridized carbons (Fsp3) is 0.467. The van der Waals surface area contributed by atoms with Gasteiger partial charge in [0, 0.05) is 44.1 Å². The van der Waals surface area contributed by atoms with E-state index in [1.54, 1.807) is 4.90 Å². The lowest BCUT2D eigenvalue weighted by molar-refractivity contribution is 0.0697. The maximum absolute atomic E-state index is 12.5. The molecule has 1 amide bonds. The number of aryl methyl sites for hydroxylation is 1. The monoisotopic (exact) mass is 301 g/mol. The van der Waals surface area contributed by atoms with Crippen LogP contribution >= 0.6 is 0 Å². The highest BCUT2D eigenvalue weighted by Crippen LogP contribution is 2.26. The van der Waals surface area contributed by atoms with E-state index in [9.17, 15) is 9.59 Å². The number of carbonyl (C=O) groups excluding carboxylic acids is 1. The number of likely N-dealkylation sites (tertiary alicyclic amines) is 1. The van der Waals surface area contributed by atoms with Crippen molar-refractivity contribution < 1.29 is 4.79 Å². The Kier molecular flexibility index (Phi) is 4.04. The average molecular weight is 301 g/mol. The van der Waals surface area contributed by atoms with Crippen LogP contribution < -0.4 is 5.56 Å². The maximum atomic E-state index is 12.5. The molecule has 0 unspecified atom stereocenters. The van der Waals surface area contributed by atoms with E-state index < -0.39 is 0 Å². The van der Waals surface area contributed by atoms with Crippen molar-refractivity contribution in [3.8, 4) is 0 Å². The van der Waals surface area contributed by atoms with Crippen LogP contribution in [0.4, 0.5) is 0 Å². The molecule has 0 spiro atoms. The smallest absolute Gasteiger partial charge is 0.273 e. The van der Waals surface area contributed by atoms with E-state index in [0.29, 0.717) is 13.1 Å². The van der Waals surface area contributed by atoms with Gasteiger partial charge in [-0.25, -0.2) is 9.97 Å². The molecule has 2 aromatic heterocycles. The van der Waals surface area contributed by atoms with Crippen LogP contribution in [0, 0.1) is 0 Å². The molecule has 0 bridgehead atoms. The fourth-order valence-corrected chi connectivity index (χ4v) is 2.94. The second-order valence-corrected chi connectivity index (χ2v) is 5.46. The SMILES string of the molecule is CCn1ccnc1[C@H]1CCCN(C(=O)c2c[nH]c(=O)cn2)C1. The Morgan fingerprint density at radius 2 is 2.32 bits per heavy atom. The zero-order chi connectivity index (χ0) is 15.5. The molecule has 7 nitrogen and oxygen atoms in total. The van der Waals surface area contributed by atoms with Crippen LogP contribution in [0.25, 0.3) is 0 Å². The Bertz CT molecular complexity index is 700. The first-order chi connectivity index (χ1) is 10.7. The van der Waals surface area contributed by atoms with Crippen LogP contribution in [0.3, 0.4) is 0 Å². The molecule has 0 aliphatic carbocycles.